The van der Waals surface area contributed by atoms with Crippen molar-refractivity contribution in [3.8, 4) is 5.75 Å². The fourth-order valence-electron chi connectivity index (χ4n) is 2.92. The first-order chi connectivity index (χ1) is 12.8. The summed E-state index contributed by atoms with van der Waals surface area (Å²) in [5.74, 6) is -1.73. The molecule has 1 aliphatic rings. The standard InChI is InChI=1S/C18H19NO8/c1-8(20)19-11-7-6-9-4-2-3-5-10(9)15(11)26-18-14(23)12(21)13(22)16(27-18)17(24)25/h2-7,12-14,16,18,21-23H,1H3,(H,19,20)(H,24,25). The number of aliphatic hydroxyl groups excluding tert-OH is 3. The van der Waals surface area contributed by atoms with Gasteiger partial charge in [0.05, 0.1) is 5.69 Å². The summed E-state index contributed by atoms with van der Waals surface area (Å²) in [6.07, 6.45) is -8.68. The number of carboxylic acids is 1. The van der Waals surface area contributed by atoms with Gasteiger partial charge in [-0.1, -0.05) is 30.3 Å². The summed E-state index contributed by atoms with van der Waals surface area (Å²) in [7, 11) is 0. The molecule has 0 aliphatic carbocycles. The van der Waals surface area contributed by atoms with Crippen LogP contribution >= 0.6 is 0 Å². The SMILES string of the molecule is CC(=O)Nc1ccc2ccccc2c1OC1OC(C(=O)O)C(O)C(O)C1O. The predicted octanol–water partition coefficient (Wildman–Crippen LogP) is 0.0692. The number of aliphatic carboxylic acids is 1. The van der Waals surface area contributed by atoms with E-state index in [9.17, 15) is 24.9 Å². The van der Waals surface area contributed by atoms with E-state index in [1.165, 1.54) is 6.92 Å². The molecule has 5 N–H and O–H groups in total. The molecular weight excluding hydrogens is 358 g/mol. The van der Waals surface area contributed by atoms with Crippen LogP contribution in [0.2, 0.25) is 0 Å². The van der Waals surface area contributed by atoms with E-state index in [-0.39, 0.29) is 17.3 Å². The van der Waals surface area contributed by atoms with Crippen LogP contribution < -0.4 is 10.1 Å². The van der Waals surface area contributed by atoms with Gasteiger partial charge in [-0.25, -0.2) is 4.79 Å². The second-order valence-electron chi connectivity index (χ2n) is 6.20. The van der Waals surface area contributed by atoms with E-state index < -0.39 is 36.7 Å². The van der Waals surface area contributed by atoms with E-state index in [2.05, 4.69) is 5.32 Å². The van der Waals surface area contributed by atoms with Crippen LogP contribution in [0.25, 0.3) is 10.8 Å². The van der Waals surface area contributed by atoms with E-state index >= 15 is 0 Å². The van der Waals surface area contributed by atoms with Gasteiger partial charge in [0, 0.05) is 12.3 Å². The van der Waals surface area contributed by atoms with Crippen molar-refractivity contribution < 1.29 is 39.5 Å². The highest BCUT2D eigenvalue weighted by Crippen LogP contribution is 2.36. The van der Waals surface area contributed by atoms with Gasteiger partial charge < -0.3 is 35.2 Å². The molecule has 2 aromatic carbocycles. The zero-order chi connectivity index (χ0) is 19.7. The molecule has 5 atom stereocenters. The Hall–Kier alpha value is -2.72. The molecule has 0 saturated carbocycles. The largest absolute Gasteiger partial charge is 0.479 e. The lowest BCUT2D eigenvalue weighted by molar-refractivity contribution is -0.270. The number of hydrogen-bond donors (Lipinski definition) is 5. The number of nitrogens with one attached hydrogen (secondary N) is 1. The Morgan fingerprint density at radius 1 is 1.04 bits per heavy atom. The van der Waals surface area contributed by atoms with E-state index in [4.69, 9.17) is 14.6 Å². The van der Waals surface area contributed by atoms with E-state index in [1.54, 1.807) is 36.4 Å². The Morgan fingerprint density at radius 3 is 2.41 bits per heavy atom. The molecule has 2 aromatic rings. The molecule has 27 heavy (non-hydrogen) atoms. The summed E-state index contributed by atoms with van der Waals surface area (Å²) in [5.41, 5.74) is 0.282. The van der Waals surface area contributed by atoms with Gasteiger partial charge in [-0.3, -0.25) is 4.79 Å². The lowest BCUT2D eigenvalue weighted by Crippen LogP contribution is -2.61. The molecule has 0 spiro atoms. The minimum atomic E-state index is -1.82. The number of hydrogen-bond acceptors (Lipinski definition) is 7. The number of fused-ring (bicyclic) bond motifs is 1. The molecule has 1 aliphatic heterocycles. The third-order valence-electron chi connectivity index (χ3n) is 4.24. The summed E-state index contributed by atoms with van der Waals surface area (Å²) in [5, 5.41) is 43.0. The van der Waals surface area contributed by atoms with Crippen molar-refractivity contribution in [3.05, 3.63) is 36.4 Å². The van der Waals surface area contributed by atoms with Gasteiger partial charge in [0.15, 0.2) is 11.9 Å². The van der Waals surface area contributed by atoms with Crippen LogP contribution in [0.4, 0.5) is 5.69 Å². The smallest absolute Gasteiger partial charge is 0.335 e. The molecule has 3 rings (SSSR count). The van der Waals surface area contributed by atoms with Gasteiger partial charge in [0.1, 0.15) is 18.3 Å². The minimum Gasteiger partial charge on any atom is -0.479 e. The number of amides is 1. The molecule has 1 amide bonds. The number of carboxylic acid groups (broad SMARTS) is 1. The summed E-state index contributed by atoms with van der Waals surface area (Å²) in [4.78, 5) is 22.7. The molecule has 9 nitrogen and oxygen atoms in total. The second kappa shape index (κ2) is 7.49. The van der Waals surface area contributed by atoms with Crippen molar-refractivity contribution >= 4 is 28.3 Å². The Labute approximate surface area is 153 Å². The Kier molecular flexibility index (Phi) is 5.29. The highest BCUT2D eigenvalue weighted by molar-refractivity contribution is 5.98. The van der Waals surface area contributed by atoms with Crippen LogP contribution in [-0.2, 0) is 14.3 Å². The zero-order valence-corrected chi connectivity index (χ0v) is 14.3. The lowest BCUT2D eigenvalue weighted by atomic mass is 9.99. The Bertz CT molecular complexity index is 870. The average Bonchev–Trinajstić information content (AvgIpc) is 2.63. The van der Waals surface area contributed by atoms with Crippen LogP contribution in [-0.4, -0.2) is 63.0 Å². The maximum absolute atomic E-state index is 11.5. The number of aliphatic hydroxyl groups is 3. The second-order valence-corrected chi connectivity index (χ2v) is 6.20. The van der Waals surface area contributed by atoms with E-state index in [1.807, 2.05) is 0 Å². The molecule has 1 fully saturated rings. The molecule has 144 valence electrons. The molecule has 0 radical (unpaired) electrons. The van der Waals surface area contributed by atoms with Gasteiger partial charge in [-0.05, 0) is 11.5 Å². The monoisotopic (exact) mass is 377 g/mol. The van der Waals surface area contributed by atoms with E-state index in [0.717, 1.165) is 5.39 Å². The number of rotatable bonds is 4. The Morgan fingerprint density at radius 2 is 1.74 bits per heavy atom. The molecule has 1 heterocycles. The maximum atomic E-state index is 11.5. The Balaban J connectivity index is 2.01. The average molecular weight is 377 g/mol. The number of ether oxygens (including phenoxy) is 2. The molecular formula is C18H19NO8. The summed E-state index contributed by atoms with van der Waals surface area (Å²) in [6, 6.07) is 10.4. The number of carbonyl (C=O) groups is 2. The van der Waals surface area contributed by atoms with Crippen LogP contribution in [0.15, 0.2) is 36.4 Å². The summed E-state index contributed by atoms with van der Waals surface area (Å²) in [6.45, 7) is 1.31. The van der Waals surface area contributed by atoms with Crippen LogP contribution in [0, 0.1) is 0 Å². The highest BCUT2D eigenvalue weighted by atomic mass is 16.7. The van der Waals surface area contributed by atoms with Crippen molar-refractivity contribution in [2.24, 2.45) is 0 Å². The lowest BCUT2D eigenvalue weighted by Gasteiger charge is -2.38. The van der Waals surface area contributed by atoms with Crippen molar-refractivity contribution in [1.82, 2.24) is 0 Å². The van der Waals surface area contributed by atoms with Crippen molar-refractivity contribution in [1.29, 1.82) is 0 Å². The number of benzene rings is 2. The highest BCUT2D eigenvalue weighted by Gasteiger charge is 2.48. The number of anilines is 1. The zero-order valence-electron chi connectivity index (χ0n) is 14.3. The topological polar surface area (TPSA) is 146 Å². The van der Waals surface area contributed by atoms with Gasteiger partial charge in [0.2, 0.25) is 12.2 Å². The quantitative estimate of drug-likeness (QED) is 0.503. The van der Waals surface area contributed by atoms with Crippen LogP contribution in [0.5, 0.6) is 5.75 Å². The van der Waals surface area contributed by atoms with Crippen LogP contribution in [0.3, 0.4) is 0 Å². The van der Waals surface area contributed by atoms with Gasteiger partial charge in [-0.15, -0.1) is 0 Å². The predicted molar refractivity (Wildman–Crippen MR) is 93.2 cm³/mol. The first-order valence-electron chi connectivity index (χ1n) is 8.18. The van der Waals surface area contributed by atoms with Gasteiger partial charge in [-0.2, -0.15) is 0 Å². The number of carbonyl (C=O) groups excluding carboxylic acids is 1. The molecule has 1 saturated heterocycles. The fraction of sp³-hybridized carbons (Fsp3) is 0.333. The van der Waals surface area contributed by atoms with Gasteiger partial charge in [0.25, 0.3) is 0 Å². The summed E-state index contributed by atoms with van der Waals surface area (Å²) >= 11 is 0. The van der Waals surface area contributed by atoms with Crippen molar-refractivity contribution in [2.75, 3.05) is 5.32 Å². The third-order valence-corrected chi connectivity index (χ3v) is 4.24. The van der Waals surface area contributed by atoms with E-state index in [0.29, 0.717) is 5.39 Å². The molecule has 5 unspecified atom stereocenters. The molecule has 0 aromatic heterocycles. The first kappa shape index (κ1) is 19.1. The minimum absolute atomic E-state index is 0.139. The fourth-order valence-corrected chi connectivity index (χ4v) is 2.92. The van der Waals surface area contributed by atoms with Crippen molar-refractivity contribution in [3.63, 3.8) is 0 Å². The van der Waals surface area contributed by atoms with Crippen molar-refractivity contribution in [2.45, 2.75) is 37.6 Å². The molecule has 0 bridgehead atoms. The third kappa shape index (κ3) is 3.71. The normalized spacial score (nSPS) is 27.9. The maximum Gasteiger partial charge on any atom is 0.335 e. The van der Waals surface area contributed by atoms with Crippen LogP contribution in [0.1, 0.15) is 6.92 Å². The first-order valence-corrected chi connectivity index (χ1v) is 8.18. The summed E-state index contributed by atoms with van der Waals surface area (Å²) < 4.78 is 10.9. The molecule has 9 heteroatoms. The van der Waals surface area contributed by atoms with Gasteiger partial charge >= 0.3 is 5.97 Å².